The van der Waals surface area contributed by atoms with Crippen molar-refractivity contribution in [2.75, 3.05) is 25.6 Å². The Hall–Kier alpha value is -3.69. The fourth-order valence-electron chi connectivity index (χ4n) is 2.94. The Morgan fingerprint density at radius 3 is 3.07 bits per heavy atom. The molecule has 1 aromatic carbocycles. The molecule has 10 heteroatoms. The number of anilines is 1. The number of methoxy groups -OCH3 is 1. The van der Waals surface area contributed by atoms with Crippen molar-refractivity contribution in [3.05, 3.63) is 53.6 Å². The number of hydrogen-bond acceptors (Lipinski definition) is 7. The summed E-state index contributed by atoms with van der Waals surface area (Å²) in [5, 5.41) is 9.75. The summed E-state index contributed by atoms with van der Waals surface area (Å²) >= 11 is 0. The van der Waals surface area contributed by atoms with Crippen LogP contribution in [0.25, 0.3) is 5.65 Å². The largest absolute Gasteiger partial charge is 0.491 e. The van der Waals surface area contributed by atoms with Gasteiger partial charge >= 0.3 is 5.97 Å². The lowest BCUT2D eigenvalue weighted by atomic mass is 10.1. The zero-order valence-corrected chi connectivity index (χ0v) is 14.8. The summed E-state index contributed by atoms with van der Waals surface area (Å²) in [6.07, 6.45) is 3.00. The molecule has 0 aliphatic carbocycles. The normalized spacial score (nSPS) is 16.6. The first kappa shape index (κ1) is 17.7. The van der Waals surface area contributed by atoms with Gasteiger partial charge in [-0.25, -0.2) is 18.7 Å². The van der Waals surface area contributed by atoms with Crippen LogP contribution < -0.4 is 15.4 Å². The predicted molar refractivity (Wildman–Crippen MR) is 95.6 cm³/mol. The zero-order chi connectivity index (χ0) is 19.7. The number of nitrogens with one attached hydrogen (secondary N) is 2. The number of aromatic nitrogens is 3. The molecule has 9 nitrogen and oxygen atoms in total. The van der Waals surface area contributed by atoms with Gasteiger partial charge in [0.1, 0.15) is 29.6 Å². The lowest BCUT2D eigenvalue weighted by Gasteiger charge is -2.20. The minimum absolute atomic E-state index is 0.119. The second-order valence-electron chi connectivity index (χ2n) is 6.03. The van der Waals surface area contributed by atoms with Crippen LogP contribution in [0, 0.1) is 5.82 Å². The van der Waals surface area contributed by atoms with Gasteiger partial charge in [0, 0.05) is 11.8 Å². The molecule has 1 aliphatic heterocycles. The van der Waals surface area contributed by atoms with E-state index in [1.807, 2.05) is 0 Å². The molecule has 3 heterocycles. The summed E-state index contributed by atoms with van der Waals surface area (Å²) in [6, 6.07) is 4.37. The lowest BCUT2D eigenvalue weighted by molar-refractivity contribution is -0.141. The number of ether oxygens (including phenoxy) is 2. The standard InChI is InChI=1S/C18H16FN5O4/c1-27-18(26)15-11-8-10(19)2-3-13(11)28-7-5-20-17(25)12-9-21-24-6-4-14(22-15)23-16(12)24/h2-4,6,8-9,15H,5,7H2,1H3,(H,20,25)(H,22,23). The van der Waals surface area contributed by atoms with Crippen LogP contribution in [0.3, 0.4) is 0 Å². The van der Waals surface area contributed by atoms with E-state index in [2.05, 4.69) is 20.7 Å². The monoisotopic (exact) mass is 385 g/mol. The molecule has 1 amide bonds. The van der Waals surface area contributed by atoms with Gasteiger partial charge < -0.3 is 20.1 Å². The first-order valence-corrected chi connectivity index (χ1v) is 8.46. The van der Waals surface area contributed by atoms with Crippen LogP contribution in [-0.2, 0) is 9.53 Å². The summed E-state index contributed by atoms with van der Waals surface area (Å²) in [5.74, 6) is -0.952. The molecule has 0 radical (unpaired) electrons. The van der Waals surface area contributed by atoms with E-state index in [1.165, 1.54) is 36.0 Å². The van der Waals surface area contributed by atoms with Crippen LogP contribution in [0.1, 0.15) is 22.0 Å². The van der Waals surface area contributed by atoms with Crippen LogP contribution in [0.15, 0.2) is 36.7 Å². The number of carbonyl (C=O) groups excluding carboxylic acids is 2. The number of nitrogens with zero attached hydrogens (tertiary/aromatic N) is 3. The summed E-state index contributed by atoms with van der Waals surface area (Å²) in [4.78, 5) is 29.2. The quantitative estimate of drug-likeness (QED) is 0.609. The second kappa shape index (κ2) is 7.14. The zero-order valence-electron chi connectivity index (χ0n) is 14.8. The van der Waals surface area contributed by atoms with E-state index in [9.17, 15) is 14.0 Å². The van der Waals surface area contributed by atoms with E-state index in [4.69, 9.17) is 9.47 Å². The number of carbonyl (C=O) groups is 2. The van der Waals surface area contributed by atoms with Gasteiger partial charge in [-0.1, -0.05) is 0 Å². The molecule has 4 rings (SSSR count). The molecular formula is C18H16FN5O4. The van der Waals surface area contributed by atoms with Gasteiger partial charge in [-0.15, -0.1) is 0 Å². The highest BCUT2D eigenvalue weighted by Gasteiger charge is 2.27. The van der Waals surface area contributed by atoms with Crippen molar-refractivity contribution in [2.24, 2.45) is 0 Å². The van der Waals surface area contributed by atoms with Gasteiger partial charge in [0.2, 0.25) is 0 Å². The highest BCUT2D eigenvalue weighted by atomic mass is 19.1. The average molecular weight is 385 g/mol. The molecule has 0 saturated heterocycles. The molecule has 2 bridgehead atoms. The van der Waals surface area contributed by atoms with E-state index < -0.39 is 17.8 Å². The smallest absolute Gasteiger partial charge is 0.333 e. The number of esters is 1. The van der Waals surface area contributed by atoms with Gasteiger partial charge in [-0.2, -0.15) is 5.10 Å². The lowest BCUT2D eigenvalue weighted by Crippen LogP contribution is -2.28. The maximum absolute atomic E-state index is 13.9. The van der Waals surface area contributed by atoms with Crippen molar-refractivity contribution >= 4 is 23.3 Å². The van der Waals surface area contributed by atoms with E-state index in [0.717, 1.165) is 0 Å². The third-order valence-corrected chi connectivity index (χ3v) is 4.27. The van der Waals surface area contributed by atoms with Gasteiger partial charge in [-0.05, 0) is 24.3 Å². The number of halogens is 1. The van der Waals surface area contributed by atoms with Crippen LogP contribution in [0.5, 0.6) is 5.75 Å². The molecule has 1 atom stereocenters. The maximum atomic E-state index is 13.9. The Labute approximate surface area is 158 Å². The van der Waals surface area contributed by atoms with Crippen LogP contribution in [0.2, 0.25) is 0 Å². The summed E-state index contributed by atoms with van der Waals surface area (Å²) < 4.78 is 25.9. The molecule has 28 heavy (non-hydrogen) atoms. The van der Waals surface area contributed by atoms with E-state index in [-0.39, 0.29) is 36.0 Å². The fourth-order valence-corrected chi connectivity index (χ4v) is 2.94. The molecule has 1 unspecified atom stereocenters. The average Bonchev–Trinajstić information content (AvgIpc) is 3.12. The third-order valence-electron chi connectivity index (χ3n) is 4.27. The van der Waals surface area contributed by atoms with Gasteiger partial charge in [-0.3, -0.25) is 4.79 Å². The number of hydrogen-bond donors (Lipinski definition) is 2. The topological polar surface area (TPSA) is 107 Å². The molecule has 0 fully saturated rings. The van der Waals surface area contributed by atoms with Gasteiger partial charge in [0.05, 0.1) is 19.9 Å². The minimum Gasteiger partial charge on any atom is -0.491 e. The molecule has 2 N–H and O–H groups in total. The van der Waals surface area contributed by atoms with Gasteiger partial charge in [0.15, 0.2) is 11.7 Å². The molecule has 1 aliphatic rings. The van der Waals surface area contributed by atoms with Crippen molar-refractivity contribution in [1.29, 1.82) is 0 Å². The molecular weight excluding hydrogens is 369 g/mol. The Bertz CT molecular complexity index is 1070. The van der Waals surface area contributed by atoms with Crippen LogP contribution >= 0.6 is 0 Å². The van der Waals surface area contributed by atoms with E-state index in [1.54, 1.807) is 12.3 Å². The van der Waals surface area contributed by atoms with E-state index >= 15 is 0 Å². The third kappa shape index (κ3) is 3.20. The van der Waals surface area contributed by atoms with Crippen molar-refractivity contribution in [3.8, 4) is 5.75 Å². The Morgan fingerprint density at radius 1 is 1.39 bits per heavy atom. The number of benzene rings is 1. The van der Waals surface area contributed by atoms with Crippen LogP contribution in [0.4, 0.5) is 10.2 Å². The van der Waals surface area contributed by atoms with Crippen molar-refractivity contribution < 1.29 is 23.5 Å². The molecule has 3 aromatic rings. The van der Waals surface area contributed by atoms with Crippen molar-refractivity contribution in [1.82, 2.24) is 19.9 Å². The first-order valence-electron chi connectivity index (χ1n) is 8.46. The summed E-state index contributed by atoms with van der Waals surface area (Å²) in [7, 11) is 1.24. The predicted octanol–water partition coefficient (Wildman–Crippen LogP) is 1.32. The van der Waals surface area contributed by atoms with Crippen LogP contribution in [-0.4, -0.2) is 46.7 Å². The number of fused-ring (bicyclic) bond motifs is 2. The highest BCUT2D eigenvalue weighted by molar-refractivity contribution is 5.99. The fraction of sp³-hybridized carbons (Fsp3) is 0.222. The van der Waals surface area contributed by atoms with Crippen molar-refractivity contribution in [2.45, 2.75) is 6.04 Å². The summed E-state index contributed by atoms with van der Waals surface area (Å²) in [5.41, 5.74) is 0.847. The van der Waals surface area contributed by atoms with Gasteiger partial charge in [0.25, 0.3) is 5.91 Å². The second-order valence-corrected chi connectivity index (χ2v) is 6.03. The van der Waals surface area contributed by atoms with Crippen molar-refractivity contribution in [3.63, 3.8) is 0 Å². The molecule has 0 saturated carbocycles. The molecule has 0 spiro atoms. The Morgan fingerprint density at radius 2 is 2.25 bits per heavy atom. The van der Waals surface area contributed by atoms with E-state index in [0.29, 0.717) is 11.4 Å². The number of amides is 1. The Kier molecular flexibility index (Phi) is 4.52. The Balaban J connectivity index is 1.86. The maximum Gasteiger partial charge on any atom is 0.333 e. The first-order chi connectivity index (χ1) is 13.6. The molecule has 2 aromatic heterocycles. The minimum atomic E-state index is -1.07. The summed E-state index contributed by atoms with van der Waals surface area (Å²) in [6.45, 7) is 0.316. The SMILES string of the molecule is COC(=O)C1Nc2ccn3ncc(c3n2)C(=O)NCCOc2ccc(F)cc21. The molecule has 144 valence electrons. The number of rotatable bonds is 1. The highest BCUT2D eigenvalue weighted by Crippen LogP contribution is 2.30.